The highest BCUT2D eigenvalue weighted by atomic mass is 32.1. The lowest BCUT2D eigenvalue weighted by Crippen LogP contribution is -2.18. The molecule has 0 saturated carbocycles. The van der Waals surface area contributed by atoms with Crippen LogP contribution in [0.1, 0.15) is 29.0 Å². The maximum atomic E-state index is 12.8. The summed E-state index contributed by atoms with van der Waals surface area (Å²) in [4.78, 5) is 16.6. The SMILES string of the molecule is O=C(Nc1nc(-c2ccc3c(c2)CCCO3)cs1)c1ccnn1C(F)F. The summed E-state index contributed by atoms with van der Waals surface area (Å²) in [7, 11) is 0. The van der Waals surface area contributed by atoms with Crippen LogP contribution in [0, 0.1) is 0 Å². The number of ether oxygens (including phenoxy) is 1. The molecule has 26 heavy (non-hydrogen) atoms. The molecule has 1 aliphatic heterocycles. The van der Waals surface area contributed by atoms with E-state index in [1.165, 1.54) is 17.4 Å². The Morgan fingerprint density at radius 3 is 3.08 bits per heavy atom. The van der Waals surface area contributed by atoms with Crippen molar-refractivity contribution in [3.63, 3.8) is 0 Å². The Morgan fingerprint density at radius 2 is 2.23 bits per heavy atom. The second-order valence-electron chi connectivity index (χ2n) is 5.71. The number of benzene rings is 1. The van der Waals surface area contributed by atoms with Gasteiger partial charge >= 0.3 is 6.55 Å². The first kappa shape index (κ1) is 16.6. The van der Waals surface area contributed by atoms with E-state index in [-0.39, 0.29) is 5.69 Å². The van der Waals surface area contributed by atoms with E-state index in [0.29, 0.717) is 15.5 Å². The summed E-state index contributed by atoms with van der Waals surface area (Å²) in [6, 6.07) is 7.10. The van der Waals surface area contributed by atoms with E-state index in [1.807, 2.05) is 23.6 Å². The molecule has 0 saturated heterocycles. The van der Waals surface area contributed by atoms with Crippen molar-refractivity contribution in [2.75, 3.05) is 11.9 Å². The van der Waals surface area contributed by atoms with Gasteiger partial charge in [0.1, 0.15) is 11.4 Å². The number of carbonyl (C=O) groups excluding carboxylic acids is 1. The normalized spacial score (nSPS) is 13.3. The minimum atomic E-state index is -2.88. The van der Waals surface area contributed by atoms with Gasteiger partial charge in [-0.2, -0.15) is 18.6 Å². The molecule has 0 radical (unpaired) electrons. The van der Waals surface area contributed by atoms with E-state index < -0.39 is 12.5 Å². The summed E-state index contributed by atoms with van der Waals surface area (Å²) >= 11 is 1.23. The number of anilines is 1. The van der Waals surface area contributed by atoms with Crippen molar-refractivity contribution in [2.24, 2.45) is 0 Å². The zero-order valence-corrected chi connectivity index (χ0v) is 14.3. The van der Waals surface area contributed by atoms with Gasteiger partial charge in [0.15, 0.2) is 5.13 Å². The maximum Gasteiger partial charge on any atom is 0.333 e. The third-order valence-corrected chi connectivity index (χ3v) is 4.77. The second kappa shape index (κ2) is 6.83. The Bertz CT molecular complexity index is 954. The molecule has 1 aliphatic rings. The fourth-order valence-electron chi connectivity index (χ4n) is 2.79. The highest BCUT2D eigenvalue weighted by Gasteiger charge is 2.19. The molecule has 3 heterocycles. The van der Waals surface area contributed by atoms with E-state index in [9.17, 15) is 13.6 Å². The van der Waals surface area contributed by atoms with Crippen molar-refractivity contribution >= 4 is 22.4 Å². The van der Waals surface area contributed by atoms with Gasteiger partial charge in [-0.05, 0) is 42.7 Å². The van der Waals surface area contributed by atoms with Crippen LogP contribution in [0.25, 0.3) is 11.3 Å². The zero-order chi connectivity index (χ0) is 18.1. The molecule has 2 aromatic heterocycles. The van der Waals surface area contributed by atoms with E-state index >= 15 is 0 Å². The van der Waals surface area contributed by atoms with Crippen LogP contribution in [-0.4, -0.2) is 27.3 Å². The first-order valence-corrected chi connectivity index (χ1v) is 8.84. The molecule has 1 N–H and O–H groups in total. The number of amides is 1. The Balaban J connectivity index is 1.53. The Morgan fingerprint density at radius 1 is 1.35 bits per heavy atom. The lowest BCUT2D eigenvalue weighted by Gasteiger charge is -2.17. The number of aromatic nitrogens is 3. The Labute approximate surface area is 151 Å². The van der Waals surface area contributed by atoms with Crippen LogP contribution < -0.4 is 10.1 Å². The number of halogens is 2. The average molecular weight is 376 g/mol. The quantitative estimate of drug-likeness (QED) is 0.748. The van der Waals surface area contributed by atoms with Gasteiger partial charge in [-0.1, -0.05) is 0 Å². The largest absolute Gasteiger partial charge is 0.493 e. The number of carbonyl (C=O) groups is 1. The zero-order valence-electron chi connectivity index (χ0n) is 13.5. The van der Waals surface area contributed by atoms with Crippen LogP contribution in [0.3, 0.4) is 0 Å². The third kappa shape index (κ3) is 3.17. The minimum Gasteiger partial charge on any atom is -0.493 e. The van der Waals surface area contributed by atoms with E-state index in [1.54, 1.807) is 0 Å². The number of aryl methyl sites for hydroxylation is 1. The number of rotatable bonds is 4. The van der Waals surface area contributed by atoms with E-state index in [2.05, 4.69) is 15.4 Å². The number of thiazole rings is 1. The van der Waals surface area contributed by atoms with Gasteiger partial charge < -0.3 is 4.74 Å². The molecule has 9 heteroatoms. The third-order valence-electron chi connectivity index (χ3n) is 4.02. The van der Waals surface area contributed by atoms with Crippen molar-refractivity contribution in [1.82, 2.24) is 14.8 Å². The van der Waals surface area contributed by atoms with Crippen LogP contribution in [-0.2, 0) is 6.42 Å². The highest BCUT2D eigenvalue weighted by Crippen LogP contribution is 2.31. The van der Waals surface area contributed by atoms with Crippen molar-refractivity contribution in [3.8, 4) is 17.0 Å². The first-order valence-electron chi connectivity index (χ1n) is 7.96. The van der Waals surface area contributed by atoms with Gasteiger partial charge in [0, 0.05) is 17.1 Å². The molecule has 0 atom stereocenters. The fourth-order valence-corrected chi connectivity index (χ4v) is 3.51. The standard InChI is InChI=1S/C17H14F2N4O2S/c18-16(19)23-13(5-6-20-23)15(24)22-17-21-12(9-26-17)10-3-4-14-11(8-10)2-1-7-25-14/h3-6,8-9,16H,1-2,7H2,(H,21,22,24). The molecule has 4 rings (SSSR count). The summed E-state index contributed by atoms with van der Waals surface area (Å²) in [5.74, 6) is 0.214. The van der Waals surface area contributed by atoms with E-state index in [0.717, 1.165) is 42.5 Å². The first-order chi connectivity index (χ1) is 12.6. The van der Waals surface area contributed by atoms with Crippen LogP contribution in [0.5, 0.6) is 5.75 Å². The molecule has 0 bridgehead atoms. The predicted molar refractivity (Wildman–Crippen MR) is 92.8 cm³/mol. The fraction of sp³-hybridized carbons (Fsp3) is 0.235. The molecule has 1 aromatic carbocycles. The van der Waals surface area contributed by atoms with Crippen molar-refractivity contribution in [1.29, 1.82) is 0 Å². The number of hydrogen-bond donors (Lipinski definition) is 1. The van der Waals surface area contributed by atoms with Crippen molar-refractivity contribution in [2.45, 2.75) is 19.4 Å². The summed E-state index contributed by atoms with van der Waals surface area (Å²) in [6.45, 7) is -2.15. The lowest BCUT2D eigenvalue weighted by molar-refractivity contribution is 0.0520. The summed E-state index contributed by atoms with van der Waals surface area (Å²) < 4.78 is 31.6. The highest BCUT2D eigenvalue weighted by molar-refractivity contribution is 7.14. The smallest absolute Gasteiger partial charge is 0.333 e. The predicted octanol–water partition coefficient (Wildman–Crippen LogP) is 3.98. The number of fused-ring (bicyclic) bond motifs is 1. The summed E-state index contributed by atoms with van der Waals surface area (Å²) in [5, 5.41) is 8.14. The van der Waals surface area contributed by atoms with Gasteiger partial charge in [0.05, 0.1) is 12.3 Å². The molecule has 0 spiro atoms. The molecular weight excluding hydrogens is 362 g/mol. The van der Waals surface area contributed by atoms with Gasteiger partial charge in [-0.3, -0.25) is 10.1 Å². The summed E-state index contributed by atoms with van der Waals surface area (Å²) in [6.07, 6.45) is 3.09. The van der Waals surface area contributed by atoms with Gasteiger partial charge in [-0.15, -0.1) is 11.3 Å². The Kier molecular flexibility index (Phi) is 4.37. The van der Waals surface area contributed by atoms with Crippen LogP contribution in [0.2, 0.25) is 0 Å². The molecule has 134 valence electrons. The number of nitrogens with one attached hydrogen (secondary N) is 1. The van der Waals surface area contributed by atoms with Crippen molar-refractivity contribution < 1.29 is 18.3 Å². The molecule has 3 aromatic rings. The molecule has 1 amide bonds. The van der Waals surface area contributed by atoms with Gasteiger partial charge in [0.2, 0.25) is 0 Å². The molecule has 6 nitrogen and oxygen atoms in total. The lowest BCUT2D eigenvalue weighted by atomic mass is 10.0. The number of hydrogen-bond acceptors (Lipinski definition) is 5. The number of nitrogens with zero attached hydrogens (tertiary/aromatic N) is 3. The number of alkyl halides is 2. The van der Waals surface area contributed by atoms with Crippen molar-refractivity contribution in [3.05, 3.63) is 47.1 Å². The molecule has 0 fully saturated rings. The van der Waals surface area contributed by atoms with Crippen LogP contribution in [0.15, 0.2) is 35.8 Å². The maximum absolute atomic E-state index is 12.8. The monoisotopic (exact) mass is 376 g/mol. The van der Waals surface area contributed by atoms with Crippen LogP contribution >= 0.6 is 11.3 Å². The molecule has 0 unspecified atom stereocenters. The average Bonchev–Trinajstić information content (AvgIpc) is 3.31. The van der Waals surface area contributed by atoms with E-state index in [4.69, 9.17) is 4.74 Å². The van der Waals surface area contributed by atoms with Gasteiger partial charge in [0.25, 0.3) is 5.91 Å². The molecule has 0 aliphatic carbocycles. The topological polar surface area (TPSA) is 69.0 Å². The summed E-state index contributed by atoms with van der Waals surface area (Å²) in [5.41, 5.74) is 2.54. The van der Waals surface area contributed by atoms with Crippen LogP contribution in [0.4, 0.5) is 13.9 Å². The second-order valence-corrected chi connectivity index (χ2v) is 6.56. The van der Waals surface area contributed by atoms with Gasteiger partial charge in [-0.25, -0.2) is 4.98 Å². The minimum absolute atomic E-state index is 0.220. The Hall–Kier alpha value is -2.81. The molecular formula is C17H14F2N4O2S.